The Morgan fingerprint density at radius 3 is 2.87 bits per heavy atom. The van der Waals surface area contributed by atoms with Crippen LogP contribution in [0.3, 0.4) is 0 Å². The van der Waals surface area contributed by atoms with E-state index in [4.69, 9.17) is 4.74 Å². The average Bonchev–Trinajstić information content (AvgIpc) is 3.01. The first kappa shape index (κ1) is 10.7. The molecule has 1 aromatic rings. The molecule has 0 unspecified atom stereocenters. The molecule has 0 radical (unpaired) electrons. The van der Waals surface area contributed by atoms with Gasteiger partial charge in [-0.2, -0.15) is 0 Å². The third kappa shape index (κ3) is 2.23. The normalized spacial score (nSPS) is 17.2. The van der Waals surface area contributed by atoms with Crippen molar-refractivity contribution in [1.82, 2.24) is 0 Å². The fraction of sp³-hybridized carbons (Fsp3) is 0.417. The van der Waals surface area contributed by atoms with Gasteiger partial charge in [-0.1, -0.05) is 22.0 Å². The maximum atomic E-state index is 10.8. The molecule has 0 atom stereocenters. The molecule has 3 heteroatoms. The lowest BCUT2D eigenvalue weighted by Gasteiger charge is -2.12. The first-order valence-corrected chi connectivity index (χ1v) is 5.80. The van der Waals surface area contributed by atoms with Gasteiger partial charge >= 0.3 is 0 Å². The van der Waals surface area contributed by atoms with Gasteiger partial charge in [0.2, 0.25) is 0 Å². The number of carbonyl (C=O) groups is 1. The quantitative estimate of drug-likeness (QED) is 0.785. The summed E-state index contributed by atoms with van der Waals surface area (Å²) >= 11 is 3.45. The molecule has 0 aromatic heterocycles. The molecule has 0 heterocycles. The number of carbonyl (C=O) groups excluding carboxylic acids is 1. The third-order valence-corrected chi connectivity index (χ3v) is 3.73. The van der Waals surface area contributed by atoms with Gasteiger partial charge in [0.1, 0.15) is 18.6 Å². The SMILES string of the molecule is Cc1c(Br)cccc1OCC1(C=O)CC1. The van der Waals surface area contributed by atoms with Crippen LogP contribution in [-0.4, -0.2) is 12.9 Å². The van der Waals surface area contributed by atoms with E-state index in [1.807, 2.05) is 25.1 Å². The van der Waals surface area contributed by atoms with Crippen molar-refractivity contribution in [3.05, 3.63) is 28.2 Å². The Labute approximate surface area is 97.8 Å². The van der Waals surface area contributed by atoms with E-state index in [0.29, 0.717) is 6.61 Å². The molecule has 15 heavy (non-hydrogen) atoms. The van der Waals surface area contributed by atoms with Gasteiger partial charge in [0, 0.05) is 10.0 Å². The summed E-state index contributed by atoms with van der Waals surface area (Å²) in [7, 11) is 0. The highest BCUT2D eigenvalue weighted by molar-refractivity contribution is 9.10. The Hall–Kier alpha value is -0.830. The monoisotopic (exact) mass is 268 g/mol. The second-order valence-corrected chi connectivity index (χ2v) is 4.99. The summed E-state index contributed by atoms with van der Waals surface area (Å²) in [5, 5.41) is 0. The number of hydrogen-bond acceptors (Lipinski definition) is 2. The van der Waals surface area contributed by atoms with E-state index in [9.17, 15) is 4.79 Å². The van der Waals surface area contributed by atoms with Crippen LogP contribution < -0.4 is 4.74 Å². The zero-order valence-corrected chi connectivity index (χ0v) is 10.2. The number of aldehydes is 1. The smallest absolute Gasteiger partial charge is 0.129 e. The minimum Gasteiger partial charge on any atom is -0.492 e. The van der Waals surface area contributed by atoms with Crippen molar-refractivity contribution in [2.24, 2.45) is 5.41 Å². The van der Waals surface area contributed by atoms with Gasteiger partial charge in [0.25, 0.3) is 0 Å². The van der Waals surface area contributed by atoms with Crippen molar-refractivity contribution in [1.29, 1.82) is 0 Å². The minimum absolute atomic E-state index is 0.186. The van der Waals surface area contributed by atoms with Crippen molar-refractivity contribution in [3.8, 4) is 5.75 Å². The lowest BCUT2D eigenvalue weighted by atomic mass is 10.1. The number of rotatable bonds is 4. The van der Waals surface area contributed by atoms with E-state index in [2.05, 4.69) is 15.9 Å². The molecule has 0 bridgehead atoms. The lowest BCUT2D eigenvalue weighted by Crippen LogP contribution is -2.14. The van der Waals surface area contributed by atoms with Crippen LogP contribution in [-0.2, 0) is 4.79 Å². The maximum Gasteiger partial charge on any atom is 0.129 e. The molecule has 0 amide bonds. The second kappa shape index (κ2) is 3.97. The molecule has 1 saturated carbocycles. The standard InChI is InChI=1S/C12H13BrO2/c1-9-10(13)3-2-4-11(9)15-8-12(7-14)5-6-12/h2-4,7H,5-6,8H2,1H3. The lowest BCUT2D eigenvalue weighted by molar-refractivity contribution is -0.113. The van der Waals surface area contributed by atoms with Crippen LogP contribution in [0, 0.1) is 12.3 Å². The fourth-order valence-electron chi connectivity index (χ4n) is 1.42. The molecule has 0 N–H and O–H groups in total. The van der Waals surface area contributed by atoms with Gasteiger partial charge in [-0.3, -0.25) is 0 Å². The molecule has 1 aliphatic rings. The Morgan fingerprint density at radius 1 is 1.53 bits per heavy atom. The first-order valence-electron chi connectivity index (χ1n) is 5.01. The number of benzene rings is 1. The van der Waals surface area contributed by atoms with Crippen molar-refractivity contribution in [2.45, 2.75) is 19.8 Å². The van der Waals surface area contributed by atoms with E-state index in [-0.39, 0.29) is 5.41 Å². The predicted octanol–water partition coefficient (Wildman–Crippen LogP) is 3.12. The Bertz CT molecular complexity index is 383. The van der Waals surface area contributed by atoms with E-state index < -0.39 is 0 Å². The largest absolute Gasteiger partial charge is 0.492 e. The van der Waals surface area contributed by atoms with Crippen molar-refractivity contribution < 1.29 is 9.53 Å². The molecular formula is C12H13BrO2. The van der Waals surface area contributed by atoms with Crippen molar-refractivity contribution >= 4 is 22.2 Å². The van der Waals surface area contributed by atoms with Gasteiger partial charge in [0.05, 0.1) is 5.41 Å². The molecule has 2 rings (SSSR count). The summed E-state index contributed by atoms with van der Waals surface area (Å²) in [4.78, 5) is 10.8. The topological polar surface area (TPSA) is 26.3 Å². The van der Waals surface area contributed by atoms with Gasteiger partial charge < -0.3 is 9.53 Å². The Kier molecular flexibility index (Phi) is 2.83. The fourth-order valence-corrected chi connectivity index (χ4v) is 1.77. The molecule has 0 saturated heterocycles. The molecule has 1 aliphatic carbocycles. The highest BCUT2D eigenvalue weighted by atomic mass is 79.9. The Balaban J connectivity index is 2.05. The van der Waals surface area contributed by atoms with E-state index >= 15 is 0 Å². The molecule has 1 fully saturated rings. The highest BCUT2D eigenvalue weighted by Crippen LogP contribution is 2.44. The number of hydrogen-bond donors (Lipinski definition) is 0. The summed E-state index contributed by atoms with van der Waals surface area (Å²) in [5.41, 5.74) is 0.897. The molecular weight excluding hydrogens is 256 g/mol. The average molecular weight is 269 g/mol. The Morgan fingerprint density at radius 2 is 2.27 bits per heavy atom. The van der Waals surface area contributed by atoms with E-state index in [1.165, 1.54) is 0 Å². The van der Waals surface area contributed by atoms with Gasteiger partial charge in [-0.25, -0.2) is 0 Å². The van der Waals surface area contributed by atoms with Crippen LogP contribution in [0.2, 0.25) is 0 Å². The van der Waals surface area contributed by atoms with Crippen molar-refractivity contribution in [3.63, 3.8) is 0 Å². The zero-order valence-electron chi connectivity index (χ0n) is 8.63. The van der Waals surface area contributed by atoms with Gasteiger partial charge in [0.15, 0.2) is 0 Å². The zero-order chi connectivity index (χ0) is 10.9. The van der Waals surface area contributed by atoms with Crippen molar-refractivity contribution in [2.75, 3.05) is 6.61 Å². The summed E-state index contributed by atoms with van der Waals surface area (Å²) in [6.45, 7) is 2.51. The maximum absolute atomic E-state index is 10.8. The van der Waals surface area contributed by atoms with Gasteiger partial charge in [-0.05, 0) is 31.9 Å². The summed E-state index contributed by atoms with van der Waals surface area (Å²) < 4.78 is 6.71. The predicted molar refractivity (Wildman–Crippen MR) is 62.1 cm³/mol. The molecule has 1 aromatic carbocycles. The molecule has 0 spiro atoms. The van der Waals surface area contributed by atoms with Crippen LogP contribution in [0.25, 0.3) is 0 Å². The number of ether oxygens (including phenoxy) is 1. The highest BCUT2D eigenvalue weighted by Gasteiger charge is 2.43. The minimum atomic E-state index is -0.186. The van der Waals surface area contributed by atoms with Crippen LogP contribution in [0.1, 0.15) is 18.4 Å². The summed E-state index contributed by atoms with van der Waals surface area (Å²) in [5.74, 6) is 0.859. The molecule has 0 aliphatic heterocycles. The summed E-state index contributed by atoms with van der Waals surface area (Å²) in [6.07, 6.45) is 2.95. The van der Waals surface area contributed by atoms with Crippen LogP contribution in [0.5, 0.6) is 5.75 Å². The first-order chi connectivity index (χ1) is 7.17. The van der Waals surface area contributed by atoms with E-state index in [1.54, 1.807) is 0 Å². The number of halogens is 1. The molecule has 2 nitrogen and oxygen atoms in total. The third-order valence-electron chi connectivity index (χ3n) is 2.88. The van der Waals surface area contributed by atoms with Gasteiger partial charge in [-0.15, -0.1) is 0 Å². The van der Waals surface area contributed by atoms with Crippen LogP contribution in [0.4, 0.5) is 0 Å². The molecule has 80 valence electrons. The summed E-state index contributed by atoms with van der Waals surface area (Å²) in [6, 6.07) is 5.85. The van der Waals surface area contributed by atoms with Crippen LogP contribution in [0.15, 0.2) is 22.7 Å². The second-order valence-electron chi connectivity index (χ2n) is 4.13. The van der Waals surface area contributed by atoms with Crippen LogP contribution >= 0.6 is 15.9 Å². The van der Waals surface area contributed by atoms with E-state index in [0.717, 1.165) is 34.9 Å².